The number of rotatable bonds is 2. The summed E-state index contributed by atoms with van der Waals surface area (Å²) >= 11 is 0. The number of carbonyl (C=O) groups excluding carboxylic acids is 1. The molecule has 2 aliphatic rings. The first-order chi connectivity index (χ1) is 18.0. The Balaban J connectivity index is 1.17. The maximum atomic E-state index is 13.6. The Morgan fingerprint density at radius 3 is 2.51 bits per heavy atom. The number of aromatic amines is 1. The molecule has 1 fully saturated rings. The standard InChI is InChI=1S/C30H33N5O2/c1-20-5-4-6-28(21(20)2)33-11-13-34(14-12-33)30(36)35-15-16-37-29-10-8-23(17-25(29)19-35)24-7-9-26-27(18-24)32-22(3)31-26/h4-10,17-18H,11-16,19H2,1-3H3,(H,31,32). The van der Waals surface area contributed by atoms with Gasteiger partial charge in [-0.3, -0.25) is 0 Å². The van der Waals surface area contributed by atoms with Crippen LogP contribution < -0.4 is 9.64 Å². The van der Waals surface area contributed by atoms with Crippen LogP contribution in [0.4, 0.5) is 10.5 Å². The van der Waals surface area contributed by atoms with Crippen LogP contribution in [0.3, 0.4) is 0 Å². The second-order valence-corrected chi connectivity index (χ2v) is 10.1. The molecule has 2 amide bonds. The quantitative estimate of drug-likeness (QED) is 0.410. The molecule has 0 aliphatic carbocycles. The molecule has 3 heterocycles. The van der Waals surface area contributed by atoms with Gasteiger partial charge in [-0.2, -0.15) is 0 Å². The molecular weight excluding hydrogens is 462 g/mol. The van der Waals surface area contributed by atoms with Gasteiger partial charge in [0.2, 0.25) is 0 Å². The number of ether oxygens (including phenoxy) is 1. The van der Waals surface area contributed by atoms with Crippen molar-refractivity contribution in [3.63, 3.8) is 0 Å². The van der Waals surface area contributed by atoms with Crippen LogP contribution in [-0.4, -0.2) is 65.1 Å². The van der Waals surface area contributed by atoms with Crippen molar-refractivity contribution in [2.75, 3.05) is 44.2 Å². The van der Waals surface area contributed by atoms with E-state index >= 15 is 0 Å². The molecule has 0 atom stereocenters. The third-order valence-corrected chi connectivity index (χ3v) is 7.71. The van der Waals surface area contributed by atoms with Gasteiger partial charge in [0.05, 0.1) is 24.1 Å². The van der Waals surface area contributed by atoms with Crippen molar-refractivity contribution in [3.8, 4) is 16.9 Å². The van der Waals surface area contributed by atoms with E-state index in [4.69, 9.17) is 4.74 Å². The molecule has 7 nitrogen and oxygen atoms in total. The number of amides is 2. The minimum absolute atomic E-state index is 0.0943. The van der Waals surface area contributed by atoms with Crippen LogP contribution in [0.2, 0.25) is 0 Å². The first-order valence-corrected chi connectivity index (χ1v) is 13.0. The van der Waals surface area contributed by atoms with Crippen LogP contribution in [-0.2, 0) is 6.54 Å². The topological polar surface area (TPSA) is 64.7 Å². The van der Waals surface area contributed by atoms with E-state index in [2.05, 4.69) is 71.2 Å². The van der Waals surface area contributed by atoms with Gasteiger partial charge in [0.25, 0.3) is 0 Å². The molecule has 0 unspecified atom stereocenters. The number of urea groups is 1. The second kappa shape index (κ2) is 9.47. The van der Waals surface area contributed by atoms with Gasteiger partial charge in [-0.1, -0.05) is 24.3 Å². The van der Waals surface area contributed by atoms with E-state index in [1.54, 1.807) is 0 Å². The summed E-state index contributed by atoms with van der Waals surface area (Å²) in [5.74, 6) is 1.77. The summed E-state index contributed by atoms with van der Waals surface area (Å²) in [5, 5.41) is 0. The Hall–Kier alpha value is -4.00. The molecule has 0 radical (unpaired) electrons. The van der Waals surface area contributed by atoms with E-state index in [1.165, 1.54) is 16.8 Å². The Morgan fingerprint density at radius 1 is 0.892 bits per heavy atom. The van der Waals surface area contributed by atoms with Crippen LogP contribution in [0.5, 0.6) is 5.75 Å². The second-order valence-electron chi connectivity index (χ2n) is 10.1. The molecule has 0 bridgehead atoms. The molecule has 6 rings (SSSR count). The fraction of sp³-hybridized carbons (Fsp3) is 0.333. The number of nitrogens with one attached hydrogen (secondary N) is 1. The van der Waals surface area contributed by atoms with Crippen molar-refractivity contribution in [1.29, 1.82) is 0 Å². The number of aromatic nitrogens is 2. The summed E-state index contributed by atoms with van der Waals surface area (Å²) < 4.78 is 6.04. The molecular formula is C30H33N5O2. The highest BCUT2D eigenvalue weighted by atomic mass is 16.5. The summed E-state index contributed by atoms with van der Waals surface area (Å²) in [6.45, 7) is 11.1. The highest BCUT2D eigenvalue weighted by Crippen LogP contribution is 2.31. The molecule has 7 heteroatoms. The Bertz CT molecular complexity index is 1470. The zero-order chi connectivity index (χ0) is 25.5. The monoisotopic (exact) mass is 495 g/mol. The lowest BCUT2D eigenvalue weighted by Gasteiger charge is -2.39. The molecule has 2 aliphatic heterocycles. The Labute approximate surface area is 217 Å². The summed E-state index contributed by atoms with van der Waals surface area (Å²) in [5.41, 5.74) is 9.15. The van der Waals surface area contributed by atoms with Gasteiger partial charge in [0.1, 0.15) is 18.2 Å². The van der Waals surface area contributed by atoms with Crippen molar-refractivity contribution in [2.24, 2.45) is 0 Å². The molecule has 4 aromatic rings. The largest absolute Gasteiger partial charge is 0.491 e. The third-order valence-electron chi connectivity index (χ3n) is 7.71. The van der Waals surface area contributed by atoms with E-state index < -0.39 is 0 Å². The first-order valence-electron chi connectivity index (χ1n) is 13.0. The van der Waals surface area contributed by atoms with Crippen LogP contribution >= 0.6 is 0 Å². The van der Waals surface area contributed by atoms with Crippen LogP contribution in [0.15, 0.2) is 54.6 Å². The molecule has 1 aromatic heterocycles. The fourth-order valence-corrected chi connectivity index (χ4v) is 5.47. The highest BCUT2D eigenvalue weighted by molar-refractivity contribution is 5.82. The van der Waals surface area contributed by atoms with E-state index in [0.717, 1.165) is 65.5 Å². The molecule has 3 aromatic carbocycles. The van der Waals surface area contributed by atoms with Gasteiger partial charge in [-0.05, 0) is 73.4 Å². The van der Waals surface area contributed by atoms with Gasteiger partial charge in [-0.25, -0.2) is 9.78 Å². The lowest BCUT2D eigenvalue weighted by Crippen LogP contribution is -2.53. The highest BCUT2D eigenvalue weighted by Gasteiger charge is 2.28. The number of anilines is 1. The maximum absolute atomic E-state index is 13.6. The average molecular weight is 496 g/mol. The number of imidazole rings is 1. The number of benzene rings is 3. The van der Waals surface area contributed by atoms with Gasteiger partial charge < -0.3 is 24.4 Å². The lowest BCUT2D eigenvalue weighted by atomic mass is 10.0. The SMILES string of the molecule is Cc1nc2ccc(-c3ccc4c(c3)CN(C(=O)N3CCN(c5cccc(C)c5C)CC3)CCO4)cc2[nH]1. The number of H-pyrrole nitrogens is 1. The van der Waals surface area contributed by atoms with Crippen molar-refractivity contribution in [3.05, 3.63) is 77.1 Å². The van der Waals surface area contributed by atoms with E-state index in [1.807, 2.05) is 28.9 Å². The number of piperazine rings is 1. The summed E-state index contributed by atoms with van der Waals surface area (Å²) in [6, 6.07) is 19.1. The predicted molar refractivity (Wildman–Crippen MR) is 147 cm³/mol. The first kappa shape index (κ1) is 23.4. The van der Waals surface area contributed by atoms with Gasteiger partial charge >= 0.3 is 6.03 Å². The number of hydrogen-bond donors (Lipinski definition) is 1. The van der Waals surface area contributed by atoms with Crippen molar-refractivity contribution in [2.45, 2.75) is 27.3 Å². The molecule has 1 saturated heterocycles. The van der Waals surface area contributed by atoms with E-state index in [-0.39, 0.29) is 6.03 Å². The fourth-order valence-electron chi connectivity index (χ4n) is 5.47. The molecule has 190 valence electrons. The summed E-state index contributed by atoms with van der Waals surface area (Å²) in [6.07, 6.45) is 0. The van der Waals surface area contributed by atoms with Crippen molar-refractivity contribution in [1.82, 2.24) is 19.8 Å². The maximum Gasteiger partial charge on any atom is 0.320 e. The molecule has 0 saturated carbocycles. The van der Waals surface area contributed by atoms with Crippen LogP contribution in [0.1, 0.15) is 22.5 Å². The van der Waals surface area contributed by atoms with Gasteiger partial charge in [-0.15, -0.1) is 0 Å². The van der Waals surface area contributed by atoms with Gasteiger partial charge in [0, 0.05) is 37.4 Å². The Kier molecular flexibility index (Phi) is 5.99. The number of fused-ring (bicyclic) bond motifs is 2. The third kappa shape index (κ3) is 4.50. The average Bonchev–Trinajstić information content (AvgIpc) is 3.15. The molecule has 0 spiro atoms. The van der Waals surface area contributed by atoms with Crippen LogP contribution in [0, 0.1) is 20.8 Å². The number of nitrogens with zero attached hydrogens (tertiary/aromatic N) is 4. The van der Waals surface area contributed by atoms with Crippen LogP contribution in [0.25, 0.3) is 22.2 Å². The summed E-state index contributed by atoms with van der Waals surface area (Å²) in [7, 11) is 0. The molecule has 1 N–H and O–H groups in total. The van der Waals surface area contributed by atoms with E-state index in [0.29, 0.717) is 19.7 Å². The number of aryl methyl sites for hydroxylation is 2. The number of carbonyl (C=O) groups is 1. The zero-order valence-electron chi connectivity index (χ0n) is 21.8. The normalized spacial score (nSPS) is 15.9. The van der Waals surface area contributed by atoms with E-state index in [9.17, 15) is 4.79 Å². The predicted octanol–water partition coefficient (Wildman–Crippen LogP) is 5.29. The zero-order valence-corrected chi connectivity index (χ0v) is 21.8. The smallest absolute Gasteiger partial charge is 0.320 e. The number of hydrogen-bond acceptors (Lipinski definition) is 4. The minimum atomic E-state index is 0.0943. The van der Waals surface area contributed by atoms with Crippen molar-refractivity contribution >= 4 is 22.8 Å². The van der Waals surface area contributed by atoms with Gasteiger partial charge in [0.15, 0.2) is 0 Å². The lowest BCUT2D eigenvalue weighted by molar-refractivity contribution is 0.143. The summed E-state index contributed by atoms with van der Waals surface area (Å²) in [4.78, 5) is 27.7. The minimum Gasteiger partial charge on any atom is -0.491 e. The van der Waals surface area contributed by atoms with Crippen molar-refractivity contribution < 1.29 is 9.53 Å². The molecule has 37 heavy (non-hydrogen) atoms. The Morgan fingerprint density at radius 2 is 1.68 bits per heavy atom.